The van der Waals surface area contributed by atoms with Crippen molar-refractivity contribution in [1.29, 1.82) is 0 Å². The topological polar surface area (TPSA) is 20.2 Å². The van der Waals surface area contributed by atoms with E-state index in [1.807, 2.05) is 0 Å². The van der Waals surface area contributed by atoms with E-state index in [4.69, 9.17) is 0 Å². The van der Waals surface area contributed by atoms with Crippen LogP contribution in [-0.4, -0.2) is 35.1 Å². The van der Waals surface area contributed by atoms with Crippen molar-refractivity contribution in [3.05, 3.63) is 36.0 Å². The molecule has 114 valence electrons. The molecular weight excluding hydrogens is 258 g/mol. The SMILES string of the molecule is CCN1CCCC1CNCc1cn(CC)c2ccccc12. The Labute approximate surface area is 127 Å². The van der Waals surface area contributed by atoms with E-state index >= 15 is 0 Å². The van der Waals surface area contributed by atoms with Gasteiger partial charge in [-0.05, 0) is 44.5 Å². The minimum Gasteiger partial charge on any atom is -0.347 e. The van der Waals surface area contributed by atoms with E-state index in [-0.39, 0.29) is 0 Å². The Hall–Kier alpha value is -1.32. The number of hydrogen-bond donors (Lipinski definition) is 1. The predicted octanol–water partition coefficient (Wildman–Crippen LogP) is 3.24. The first-order valence-electron chi connectivity index (χ1n) is 8.35. The lowest BCUT2D eigenvalue weighted by atomic mass is 10.1. The van der Waals surface area contributed by atoms with Gasteiger partial charge in [-0.15, -0.1) is 0 Å². The third-order valence-corrected chi connectivity index (χ3v) is 4.81. The molecule has 1 aliphatic rings. The van der Waals surface area contributed by atoms with Crippen molar-refractivity contribution in [3.8, 4) is 0 Å². The van der Waals surface area contributed by atoms with Crippen LogP contribution < -0.4 is 5.32 Å². The standard InChI is InChI=1S/C18H27N3/c1-3-20-11-7-8-16(20)13-19-12-15-14-21(4-2)18-10-6-5-9-17(15)18/h5-6,9-10,14,16,19H,3-4,7-8,11-13H2,1-2H3. The summed E-state index contributed by atoms with van der Waals surface area (Å²) in [6.45, 7) is 10.1. The first kappa shape index (κ1) is 14.6. The van der Waals surface area contributed by atoms with E-state index < -0.39 is 0 Å². The Morgan fingerprint density at radius 2 is 2.05 bits per heavy atom. The fraction of sp³-hybridized carbons (Fsp3) is 0.556. The number of hydrogen-bond acceptors (Lipinski definition) is 2. The van der Waals surface area contributed by atoms with Crippen LogP contribution in [0, 0.1) is 0 Å². The Bertz CT molecular complexity index is 587. The molecule has 0 saturated carbocycles. The van der Waals surface area contributed by atoms with Gasteiger partial charge in [0, 0.05) is 42.8 Å². The predicted molar refractivity (Wildman–Crippen MR) is 89.6 cm³/mol. The molecule has 0 spiro atoms. The quantitative estimate of drug-likeness (QED) is 0.879. The third kappa shape index (κ3) is 2.99. The molecule has 1 atom stereocenters. The molecule has 3 rings (SSSR count). The van der Waals surface area contributed by atoms with Gasteiger partial charge in [0.25, 0.3) is 0 Å². The average molecular weight is 285 g/mol. The van der Waals surface area contributed by atoms with Gasteiger partial charge in [0.2, 0.25) is 0 Å². The van der Waals surface area contributed by atoms with E-state index in [1.165, 1.54) is 42.4 Å². The maximum Gasteiger partial charge on any atom is 0.0483 e. The van der Waals surface area contributed by atoms with E-state index in [0.717, 1.165) is 25.7 Å². The van der Waals surface area contributed by atoms with E-state index in [2.05, 4.69) is 59.1 Å². The van der Waals surface area contributed by atoms with Crippen LogP contribution in [0.2, 0.25) is 0 Å². The number of fused-ring (bicyclic) bond motifs is 1. The van der Waals surface area contributed by atoms with Gasteiger partial charge in [0.05, 0.1) is 0 Å². The summed E-state index contributed by atoms with van der Waals surface area (Å²) >= 11 is 0. The molecule has 1 aliphatic heterocycles. The summed E-state index contributed by atoms with van der Waals surface area (Å²) in [7, 11) is 0. The maximum atomic E-state index is 3.68. The highest BCUT2D eigenvalue weighted by Crippen LogP contribution is 2.21. The van der Waals surface area contributed by atoms with Gasteiger partial charge in [0.1, 0.15) is 0 Å². The maximum absolute atomic E-state index is 3.68. The third-order valence-electron chi connectivity index (χ3n) is 4.81. The molecule has 1 unspecified atom stereocenters. The normalized spacial score (nSPS) is 19.6. The number of rotatable bonds is 6. The van der Waals surface area contributed by atoms with Crippen molar-refractivity contribution in [2.75, 3.05) is 19.6 Å². The average Bonchev–Trinajstić information content (AvgIpc) is 3.12. The van der Waals surface area contributed by atoms with Gasteiger partial charge < -0.3 is 9.88 Å². The van der Waals surface area contributed by atoms with Gasteiger partial charge >= 0.3 is 0 Å². The van der Waals surface area contributed by atoms with Crippen LogP contribution in [0.25, 0.3) is 10.9 Å². The van der Waals surface area contributed by atoms with Crippen LogP contribution in [0.3, 0.4) is 0 Å². The minimum atomic E-state index is 0.731. The number of nitrogens with one attached hydrogen (secondary N) is 1. The van der Waals surface area contributed by atoms with Crippen molar-refractivity contribution in [2.24, 2.45) is 0 Å². The Kier molecular flexibility index (Phi) is 4.61. The zero-order valence-electron chi connectivity index (χ0n) is 13.3. The van der Waals surface area contributed by atoms with Crippen LogP contribution in [0.4, 0.5) is 0 Å². The summed E-state index contributed by atoms with van der Waals surface area (Å²) in [5.74, 6) is 0. The number of aryl methyl sites for hydroxylation is 1. The van der Waals surface area contributed by atoms with Crippen LogP contribution in [0.1, 0.15) is 32.3 Å². The van der Waals surface area contributed by atoms with E-state index in [1.54, 1.807) is 0 Å². The zero-order chi connectivity index (χ0) is 14.7. The fourth-order valence-electron chi connectivity index (χ4n) is 3.64. The molecule has 2 heterocycles. The summed E-state index contributed by atoms with van der Waals surface area (Å²) in [6, 6.07) is 9.46. The number of nitrogens with zero attached hydrogens (tertiary/aromatic N) is 2. The van der Waals surface area contributed by atoms with Crippen LogP contribution in [0.15, 0.2) is 30.5 Å². The van der Waals surface area contributed by atoms with Crippen molar-refractivity contribution >= 4 is 10.9 Å². The molecule has 2 aromatic rings. The first-order valence-corrected chi connectivity index (χ1v) is 8.35. The number of aromatic nitrogens is 1. The van der Waals surface area contributed by atoms with E-state index in [9.17, 15) is 0 Å². The highest BCUT2D eigenvalue weighted by Gasteiger charge is 2.22. The van der Waals surface area contributed by atoms with Crippen molar-refractivity contribution in [3.63, 3.8) is 0 Å². The molecule has 0 bridgehead atoms. The lowest BCUT2D eigenvalue weighted by molar-refractivity contribution is 0.260. The molecule has 1 N–H and O–H groups in total. The summed E-state index contributed by atoms with van der Waals surface area (Å²) in [6.07, 6.45) is 5.01. The molecule has 0 radical (unpaired) electrons. The van der Waals surface area contributed by atoms with Gasteiger partial charge in [-0.3, -0.25) is 4.90 Å². The summed E-state index contributed by atoms with van der Waals surface area (Å²) in [5, 5.41) is 5.08. The second kappa shape index (κ2) is 6.63. The van der Waals surface area contributed by atoms with Gasteiger partial charge in [-0.25, -0.2) is 0 Å². The molecule has 3 heteroatoms. The molecule has 21 heavy (non-hydrogen) atoms. The van der Waals surface area contributed by atoms with Crippen LogP contribution in [0.5, 0.6) is 0 Å². The molecule has 0 aliphatic carbocycles. The Morgan fingerprint density at radius 3 is 2.86 bits per heavy atom. The minimum absolute atomic E-state index is 0.731. The lowest BCUT2D eigenvalue weighted by Crippen LogP contribution is -2.37. The zero-order valence-corrected chi connectivity index (χ0v) is 13.3. The summed E-state index contributed by atoms with van der Waals surface area (Å²) < 4.78 is 2.35. The number of para-hydroxylation sites is 1. The largest absolute Gasteiger partial charge is 0.347 e. The highest BCUT2D eigenvalue weighted by atomic mass is 15.2. The molecule has 1 saturated heterocycles. The fourth-order valence-corrected chi connectivity index (χ4v) is 3.64. The Morgan fingerprint density at radius 1 is 1.19 bits per heavy atom. The van der Waals surface area contributed by atoms with Crippen molar-refractivity contribution < 1.29 is 0 Å². The Balaban J connectivity index is 1.65. The van der Waals surface area contributed by atoms with Gasteiger partial charge in [-0.1, -0.05) is 25.1 Å². The number of likely N-dealkylation sites (tertiary alicyclic amines) is 1. The van der Waals surface area contributed by atoms with Gasteiger partial charge in [0.15, 0.2) is 0 Å². The van der Waals surface area contributed by atoms with Crippen LogP contribution in [-0.2, 0) is 13.1 Å². The molecule has 0 amide bonds. The molecule has 1 aromatic heterocycles. The lowest BCUT2D eigenvalue weighted by Gasteiger charge is -2.22. The molecule has 1 fully saturated rings. The number of benzene rings is 1. The summed E-state index contributed by atoms with van der Waals surface area (Å²) in [4.78, 5) is 2.60. The summed E-state index contributed by atoms with van der Waals surface area (Å²) in [5.41, 5.74) is 2.78. The molecule has 3 nitrogen and oxygen atoms in total. The number of likely N-dealkylation sites (N-methyl/N-ethyl adjacent to an activating group) is 1. The molecule has 1 aromatic carbocycles. The second-order valence-corrected chi connectivity index (χ2v) is 6.01. The first-order chi connectivity index (χ1) is 10.3. The second-order valence-electron chi connectivity index (χ2n) is 6.01. The van der Waals surface area contributed by atoms with Gasteiger partial charge in [-0.2, -0.15) is 0 Å². The monoisotopic (exact) mass is 285 g/mol. The van der Waals surface area contributed by atoms with E-state index in [0.29, 0.717) is 0 Å². The smallest absolute Gasteiger partial charge is 0.0483 e. The highest BCUT2D eigenvalue weighted by molar-refractivity contribution is 5.83. The molecular formula is C18H27N3. The van der Waals surface area contributed by atoms with Crippen molar-refractivity contribution in [2.45, 2.75) is 45.8 Å². The van der Waals surface area contributed by atoms with Crippen LogP contribution >= 0.6 is 0 Å². The van der Waals surface area contributed by atoms with Crippen molar-refractivity contribution in [1.82, 2.24) is 14.8 Å².